The number of nitrogens with zero attached hydrogens (tertiary/aromatic N) is 1. The Kier molecular flexibility index (Phi) is 5.41. The van der Waals surface area contributed by atoms with Crippen LogP contribution in [0.1, 0.15) is 52.7 Å². The molecule has 1 aliphatic heterocycles. The number of aryl methyl sites for hydroxylation is 2. The van der Waals surface area contributed by atoms with Crippen LogP contribution >= 0.6 is 0 Å². The van der Waals surface area contributed by atoms with Gasteiger partial charge in [0.15, 0.2) is 14.6 Å². The van der Waals surface area contributed by atoms with E-state index in [0.29, 0.717) is 55.5 Å². The second-order valence-corrected chi connectivity index (χ2v) is 10.7. The molecular formula is C24H27NO5S. The zero-order valence-corrected chi connectivity index (χ0v) is 18.9. The summed E-state index contributed by atoms with van der Waals surface area (Å²) in [4.78, 5) is 27.6. The number of sulfone groups is 1. The van der Waals surface area contributed by atoms with E-state index in [0.717, 1.165) is 11.1 Å². The minimum Gasteiger partial charge on any atom is -0.465 e. The van der Waals surface area contributed by atoms with E-state index in [1.165, 1.54) is 7.11 Å². The average Bonchev–Trinajstić information content (AvgIpc) is 3.42. The van der Waals surface area contributed by atoms with Gasteiger partial charge in [0.1, 0.15) is 0 Å². The molecule has 164 valence electrons. The molecule has 7 heteroatoms. The van der Waals surface area contributed by atoms with Gasteiger partial charge >= 0.3 is 5.97 Å². The van der Waals surface area contributed by atoms with E-state index in [-0.39, 0.29) is 10.8 Å². The number of amides is 1. The fraction of sp³-hybridized carbons (Fsp3) is 0.417. The summed E-state index contributed by atoms with van der Waals surface area (Å²) in [6.07, 6.45) is 2.64. The molecule has 0 radical (unpaired) electrons. The fourth-order valence-corrected chi connectivity index (χ4v) is 7.27. The molecule has 1 heterocycles. The van der Waals surface area contributed by atoms with E-state index >= 15 is 0 Å². The molecule has 0 N–H and O–H groups in total. The van der Waals surface area contributed by atoms with Crippen molar-refractivity contribution in [2.75, 3.05) is 18.6 Å². The van der Waals surface area contributed by atoms with Crippen LogP contribution in [-0.4, -0.2) is 38.7 Å². The number of rotatable bonds is 4. The summed E-state index contributed by atoms with van der Waals surface area (Å²) in [6, 6.07) is 10.4. The van der Waals surface area contributed by atoms with Gasteiger partial charge in [-0.05, 0) is 74.1 Å². The van der Waals surface area contributed by atoms with Gasteiger partial charge in [0.25, 0.3) is 0 Å². The number of hydrogen-bond donors (Lipinski definition) is 0. The van der Waals surface area contributed by atoms with E-state index in [4.69, 9.17) is 4.74 Å². The van der Waals surface area contributed by atoms with Gasteiger partial charge < -0.3 is 9.64 Å². The van der Waals surface area contributed by atoms with Crippen LogP contribution in [0.3, 0.4) is 0 Å². The molecular weight excluding hydrogens is 414 g/mol. The maximum absolute atomic E-state index is 13.9. The summed E-state index contributed by atoms with van der Waals surface area (Å²) in [6.45, 7) is 4.04. The molecule has 1 fully saturated rings. The van der Waals surface area contributed by atoms with E-state index in [9.17, 15) is 18.0 Å². The molecule has 1 aliphatic carbocycles. The van der Waals surface area contributed by atoms with Crippen molar-refractivity contribution in [3.63, 3.8) is 0 Å². The highest BCUT2D eigenvalue weighted by Gasteiger charge is 2.55. The lowest BCUT2D eigenvalue weighted by molar-refractivity contribution is -0.120. The fourth-order valence-electron chi connectivity index (χ4n) is 4.85. The van der Waals surface area contributed by atoms with E-state index in [1.54, 1.807) is 42.2 Å². The molecule has 2 aromatic carbocycles. The Morgan fingerprint density at radius 3 is 2.42 bits per heavy atom. The molecule has 1 amide bonds. The first-order chi connectivity index (χ1) is 14.7. The van der Waals surface area contributed by atoms with Gasteiger partial charge in [0, 0.05) is 12.2 Å². The summed E-state index contributed by atoms with van der Waals surface area (Å²) in [7, 11) is -2.56. The monoisotopic (exact) mass is 441 g/mol. The molecule has 4 rings (SSSR count). The predicted molar refractivity (Wildman–Crippen MR) is 118 cm³/mol. The van der Waals surface area contributed by atoms with E-state index < -0.39 is 20.6 Å². The third-order valence-electron chi connectivity index (χ3n) is 6.59. The zero-order chi connectivity index (χ0) is 22.4. The number of benzene rings is 2. The molecule has 0 atom stereocenters. The molecule has 0 saturated heterocycles. The van der Waals surface area contributed by atoms with E-state index in [2.05, 4.69) is 0 Å². The Bertz CT molecular complexity index is 1160. The molecule has 0 spiro atoms. The summed E-state index contributed by atoms with van der Waals surface area (Å²) in [5.41, 5.74) is 3.48. The molecule has 2 aromatic rings. The SMILES string of the molecule is COC(=O)c1ccc2c(c1)CCN2C(=O)C1(S(=O)(=O)c2cc(C)ccc2C)CCCC1. The molecule has 0 aromatic heterocycles. The van der Waals surface area contributed by atoms with Crippen LogP contribution in [0.2, 0.25) is 0 Å². The van der Waals surface area contributed by atoms with Crippen LogP contribution in [0.15, 0.2) is 41.3 Å². The van der Waals surface area contributed by atoms with Gasteiger partial charge in [-0.2, -0.15) is 0 Å². The van der Waals surface area contributed by atoms with Gasteiger partial charge in [0.2, 0.25) is 5.91 Å². The van der Waals surface area contributed by atoms with Crippen molar-refractivity contribution in [1.29, 1.82) is 0 Å². The number of methoxy groups -OCH3 is 1. The Morgan fingerprint density at radius 1 is 1.03 bits per heavy atom. The number of fused-ring (bicyclic) bond motifs is 1. The van der Waals surface area contributed by atoms with Crippen LogP contribution in [0.5, 0.6) is 0 Å². The largest absolute Gasteiger partial charge is 0.465 e. The maximum Gasteiger partial charge on any atom is 0.337 e. The predicted octanol–water partition coefficient (Wildman–Crippen LogP) is 3.77. The first-order valence-electron chi connectivity index (χ1n) is 10.6. The number of ether oxygens (including phenoxy) is 1. The molecule has 0 unspecified atom stereocenters. The third-order valence-corrected chi connectivity index (χ3v) is 9.22. The second-order valence-electron chi connectivity index (χ2n) is 8.52. The summed E-state index contributed by atoms with van der Waals surface area (Å²) in [5, 5.41) is 0. The van der Waals surface area contributed by atoms with Crippen LogP contribution in [-0.2, 0) is 25.8 Å². The minimum atomic E-state index is -3.88. The van der Waals surface area contributed by atoms with Crippen molar-refractivity contribution in [3.05, 3.63) is 58.7 Å². The normalized spacial score (nSPS) is 17.5. The highest BCUT2D eigenvalue weighted by atomic mass is 32.2. The van der Waals surface area contributed by atoms with Gasteiger partial charge in [-0.1, -0.05) is 25.0 Å². The lowest BCUT2D eigenvalue weighted by atomic mass is 10.0. The number of anilines is 1. The Labute approximate surface area is 183 Å². The van der Waals surface area contributed by atoms with Crippen molar-refractivity contribution < 1.29 is 22.7 Å². The van der Waals surface area contributed by atoms with Crippen molar-refractivity contribution in [2.24, 2.45) is 0 Å². The Hall–Kier alpha value is -2.67. The van der Waals surface area contributed by atoms with Crippen molar-refractivity contribution in [1.82, 2.24) is 0 Å². The van der Waals surface area contributed by atoms with Gasteiger partial charge in [-0.25, -0.2) is 13.2 Å². The first-order valence-corrected chi connectivity index (χ1v) is 12.0. The maximum atomic E-state index is 13.9. The zero-order valence-electron chi connectivity index (χ0n) is 18.1. The lowest BCUT2D eigenvalue weighted by Crippen LogP contribution is -2.52. The lowest BCUT2D eigenvalue weighted by Gasteiger charge is -2.33. The van der Waals surface area contributed by atoms with Gasteiger partial charge in [0.05, 0.1) is 17.6 Å². The van der Waals surface area contributed by atoms with Crippen LogP contribution < -0.4 is 4.90 Å². The number of hydrogen-bond acceptors (Lipinski definition) is 5. The average molecular weight is 442 g/mol. The summed E-state index contributed by atoms with van der Waals surface area (Å²) < 4.78 is 31.2. The molecule has 31 heavy (non-hydrogen) atoms. The van der Waals surface area contributed by atoms with Gasteiger partial charge in [-0.3, -0.25) is 4.79 Å². The number of carbonyl (C=O) groups is 2. The number of esters is 1. The standard InChI is InChI=1S/C24H27NO5S/c1-16-6-7-17(2)21(14-16)31(28,29)24(11-4-5-12-24)23(27)25-13-10-18-15-19(22(26)30-3)8-9-20(18)25/h6-9,14-15H,4-5,10-13H2,1-3H3. The van der Waals surface area contributed by atoms with Gasteiger partial charge in [-0.15, -0.1) is 0 Å². The smallest absolute Gasteiger partial charge is 0.337 e. The second kappa shape index (κ2) is 7.79. The highest BCUT2D eigenvalue weighted by Crippen LogP contribution is 2.44. The van der Waals surface area contributed by atoms with Crippen LogP contribution in [0.4, 0.5) is 5.69 Å². The molecule has 6 nitrogen and oxygen atoms in total. The summed E-state index contributed by atoms with van der Waals surface area (Å²) in [5.74, 6) is -0.784. The molecule has 1 saturated carbocycles. The van der Waals surface area contributed by atoms with Crippen LogP contribution in [0.25, 0.3) is 0 Å². The van der Waals surface area contributed by atoms with Crippen LogP contribution in [0, 0.1) is 13.8 Å². The van der Waals surface area contributed by atoms with Crippen molar-refractivity contribution in [3.8, 4) is 0 Å². The molecule has 2 aliphatic rings. The Balaban J connectivity index is 1.76. The topological polar surface area (TPSA) is 80.8 Å². The minimum absolute atomic E-state index is 0.253. The third kappa shape index (κ3) is 3.35. The number of carbonyl (C=O) groups excluding carboxylic acids is 2. The molecule has 0 bridgehead atoms. The highest BCUT2D eigenvalue weighted by molar-refractivity contribution is 7.93. The Morgan fingerprint density at radius 2 is 1.74 bits per heavy atom. The first kappa shape index (κ1) is 21.6. The van der Waals surface area contributed by atoms with Crippen molar-refractivity contribution in [2.45, 2.75) is 55.6 Å². The van der Waals surface area contributed by atoms with E-state index in [1.807, 2.05) is 13.0 Å². The van der Waals surface area contributed by atoms with Crippen molar-refractivity contribution >= 4 is 27.4 Å². The quantitative estimate of drug-likeness (QED) is 0.675. The summed E-state index contributed by atoms with van der Waals surface area (Å²) >= 11 is 0.